The van der Waals surface area contributed by atoms with E-state index < -0.39 is 12.8 Å². The Morgan fingerprint density at radius 1 is 1.31 bits per heavy atom. The van der Waals surface area contributed by atoms with Crippen molar-refractivity contribution in [1.82, 2.24) is 24.9 Å². The number of amides is 1. The number of aryl methyl sites for hydroxylation is 1. The summed E-state index contributed by atoms with van der Waals surface area (Å²) < 4.78 is 42.7. The molecule has 26 heavy (non-hydrogen) atoms. The lowest BCUT2D eigenvalue weighted by molar-refractivity contribution is -0.154. The van der Waals surface area contributed by atoms with Gasteiger partial charge in [0, 0.05) is 31.2 Å². The highest BCUT2D eigenvalue weighted by Gasteiger charge is 2.28. The number of nitrogens with one attached hydrogen (secondary N) is 1. The first kappa shape index (κ1) is 17.6. The Kier molecular flexibility index (Phi) is 4.74. The molecule has 1 amide bonds. The number of hydrogen-bond acceptors (Lipinski definition) is 5. The molecule has 3 heterocycles. The van der Waals surface area contributed by atoms with Crippen molar-refractivity contribution in [3.8, 4) is 5.88 Å². The second-order valence-corrected chi connectivity index (χ2v) is 5.44. The summed E-state index contributed by atoms with van der Waals surface area (Å²) in [6.45, 7) is 0.357. The largest absolute Gasteiger partial charge is 0.468 e. The van der Waals surface area contributed by atoms with Gasteiger partial charge in [-0.15, -0.1) is 0 Å². The molecule has 0 saturated carbocycles. The summed E-state index contributed by atoms with van der Waals surface area (Å²) in [6.07, 6.45) is 0.106. The van der Waals surface area contributed by atoms with E-state index in [1.807, 2.05) is 0 Å². The van der Waals surface area contributed by atoms with Gasteiger partial charge in [0.2, 0.25) is 5.88 Å². The molecule has 0 aromatic carbocycles. The molecule has 0 bridgehead atoms. The van der Waals surface area contributed by atoms with Crippen LogP contribution >= 0.6 is 0 Å². The van der Waals surface area contributed by atoms with Crippen molar-refractivity contribution in [2.24, 2.45) is 0 Å². The second kappa shape index (κ2) is 6.98. The smallest absolute Gasteiger partial charge is 0.422 e. The molecule has 3 aromatic heterocycles. The van der Waals surface area contributed by atoms with E-state index in [2.05, 4.69) is 25.1 Å². The van der Waals surface area contributed by atoms with Crippen molar-refractivity contribution in [2.75, 3.05) is 6.61 Å². The van der Waals surface area contributed by atoms with Crippen molar-refractivity contribution in [3.63, 3.8) is 0 Å². The summed E-state index contributed by atoms with van der Waals surface area (Å²) in [4.78, 5) is 20.3. The molecule has 7 nitrogen and oxygen atoms in total. The van der Waals surface area contributed by atoms with Crippen LogP contribution in [-0.2, 0) is 6.54 Å². The summed E-state index contributed by atoms with van der Waals surface area (Å²) >= 11 is 0. The zero-order valence-corrected chi connectivity index (χ0v) is 13.6. The van der Waals surface area contributed by atoms with Crippen LogP contribution in [0.2, 0.25) is 0 Å². The predicted molar refractivity (Wildman–Crippen MR) is 84.7 cm³/mol. The van der Waals surface area contributed by atoms with Crippen LogP contribution in [0.5, 0.6) is 5.88 Å². The summed E-state index contributed by atoms with van der Waals surface area (Å²) in [6, 6.07) is 4.61. The van der Waals surface area contributed by atoms with Crippen molar-refractivity contribution < 1.29 is 22.7 Å². The first-order chi connectivity index (χ1) is 12.3. The maximum atomic E-state index is 12.5. The molecule has 0 aliphatic rings. The Labute approximate surface area is 145 Å². The van der Waals surface area contributed by atoms with Crippen LogP contribution in [0.3, 0.4) is 0 Å². The van der Waals surface area contributed by atoms with E-state index in [9.17, 15) is 18.0 Å². The van der Waals surface area contributed by atoms with Crippen molar-refractivity contribution >= 4 is 11.6 Å². The van der Waals surface area contributed by atoms with Gasteiger partial charge in [0.25, 0.3) is 5.91 Å². The number of aromatic nitrogens is 4. The third kappa shape index (κ3) is 4.08. The molecular weight excluding hydrogens is 351 g/mol. The molecular formula is C16H14F3N5O2. The van der Waals surface area contributed by atoms with Crippen molar-refractivity contribution in [3.05, 3.63) is 53.6 Å². The van der Waals surface area contributed by atoms with Gasteiger partial charge < -0.3 is 10.1 Å². The molecule has 0 spiro atoms. The Morgan fingerprint density at radius 2 is 2.12 bits per heavy atom. The van der Waals surface area contributed by atoms with Crippen LogP contribution in [0.15, 0.2) is 36.8 Å². The van der Waals surface area contributed by atoms with Crippen molar-refractivity contribution in [1.29, 1.82) is 0 Å². The molecule has 0 unspecified atom stereocenters. The van der Waals surface area contributed by atoms with Crippen LogP contribution in [0, 0.1) is 6.92 Å². The zero-order chi connectivity index (χ0) is 18.7. The maximum absolute atomic E-state index is 12.5. The second-order valence-electron chi connectivity index (χ2n) is 5.44. The minimum atomic E-state index is -4.44. The third-order valence-corrected chi connectivity index (χ3v) is 3.43. The summed E-state index contributed by atoms with van der Waals surface area (Å²) in [5.41, 5.74) is 1.83. The topological polar surface area (TPSA) is 81.4 Å². The maximum Gasteiger partial charge on any atom is 0.422 e. The zero-order valence-electron chi connectivity index (χ0n) is 13.6. The molecule has 0 saturated heterocycles. The Bertz CT molecular complexity index is 939. The number of carbonyl (C=O) groups excluding carboxylic acids is 1. The van der Waals surface area contributed by atoms with Gasteiger partial charge >= 0.3 is 6.18 Å². The standard InChI is InChI=1S/C16H14F3N5O2/c1-10-13(14-21-4-2-6-24(14)23-10)15(25)22-8-11-3-5-20-12(7-11)26-9-16(17,18)19/h2-7H,8-9H2,1H3,(H,22,25). The van der Waals surface area contributed by atoms with Crippen LogP contribution in [0.1, 0.15) is 21.6 Å². The quantitative estimate of drug-likeness (QED) is 0.750. The fourth-order valence-corrected chi connectivity index (χ4v) is 2.33. The molecule has 3 rings (SSSR count). The number of rotatable bonds is 5. The molecule has 0 radical (unpaired) electrons. The third-order valence-electron chi connectivity index (χ3n) is 3.43. The summed E-state index contributed by atoms with van der Waals surface area (Å²) in [5.74, 6) is -0.548. The highest BCUT2D eigenvalue weighted by Crippen LogP contribution is 2.18. The Hall–Kier alpha value is -3.17. The van der Waals surface area contributed by atoms with Crippen LogP contribution < -0.4 is 10.1 Å². The number of pyridine rings is 1. The van der Waals surface area contributed by atoms with Gasteiger partial charge in [-0.3, -0.25) is 4.79 Å². The molecule has 0 atom stereocenters. The van der Waals surface area contributed by atoms with E-state index in [1.54, 1.807) is 31.5 Å². The first-order valence-electron chi connectivity index (χ1n) is 7.56. The summed E-state index contributed by atoms with van der Waals surface area (Å²) in [5, 5.41) is 6.90. The average molecular weight is 365 g/mol. The van der Waals surface area contributed by atoms with Crippen molar-refractivity contribution in [2.45, 2.75) is 19.6 Å². The number of alkyl halides is 3. The number of hydrogen-bond donors (Lipinski definition) is 1. The van der Waals surface area contributed by atoms with E-state index in [0.717, 1.165) is 0 Å². The SMILES string of the molecule is Cc1nn2cccnc2c1C(=O)NCc1ccnc(OCC(F)(F)F)c1. The van der Waals surface area contributed by atoms with Gasteiger partial charge in [-0.05, 0) is 24.6 Å². The van der Waals surface area contributed by atoms with Gasteiger partial charge in [0.05, 0.1) is 5.69 Å². The highest BCUT2D eigenvalue weighted by atomic mass is 19.4. The summed E-state index contributed by atoms with van der Waals surface area (Å²) in [7, 11) is 0. The van der Waals surface area contributed by atoms with Gasteiger partial charge in [0.1, 0.15) is 5.56 Å². The number of halogens is 3. The van der Waals surface area contributed by atoms with Gasteiger partial charge in [-0.2, -0.15) is 18.3 Å². The lowest BCUT2D eigenvalue weighted by Crippen LogP contribution is -2.24. The lowest BCUT2D eigenvalue weighted by atomic mass is 10.2. The van der Waals surface area contributed by atoms with E-state index in [4.69, 9.17) is 0 Å². The highest BCUT2D eigenvalue weighted by molar-refractivity contribution is 6.00. The van der Waals surface area contributed by atoms with E-state index >= 15 is 0 Å². The van der Waals surface area contributed by atoms with E-state index in [-0.39, 0.29) is 18.3 Å². The number of fused-ring (bicyclic) bond motifs is 1. The predicted octanol–water partition coefficient (Wildman–Crippen LogP) is 2.30. The molecule has 1 N–H and O–H groups in total. The Balaban J connectivity index is 1.69. The molecule has 0 aliphatic heterocycles. The molecule has 0 aliphatic carbocycles. The van der Waals surface area contributed by atoms with E-state index in [0.29, 0.717) is 22.5 Å². The fourth-order valence-electron chi connectivity index (χ4n) is 2.33. The lowest BCUT2D eigenvalue weighted by Gasteiger charge is -2.09. The number of ether oxygens (including phenoxy) is 1. The van der Waals surface area contributed by atoms with Gasteiger partial charge in [-0.1, -0.05) is 0 Å². The molecule has 10 heteroatoms. The van der Waals surface area contributed by atoms with Crippen LogP contribution in [0.25, 0.3) is 5.65 Å². The monoisotopic (exact) mass is 365 g/mol. The molecule has 3 aromatic rings. The van der Waals surface area contributed by atoms with Gasteiger partial charge in [-0.25, -0.2) is 14.5 Å². The van der Waals surface area contributed by atoms with Crippen LogP contribution in [0.4, 0.5) is 13.2 Å². The Morgan fingerprint density at radius 3 is 2.88 bits per heavy atom. The number of carbonyl (C=O) groups is 1. The van der Waals surface area contributed by atoms with Crippen LogP contribution in [-0.4, -0.2) is 38.3 Å². The first-order valence-corrected chi connectivity index (χ1v) is 7.56. The minimum Gasteiger partial charge on any atom is -0.468 e. The minimum absolute atomic E-state index is 0.0906. The molecule has 0 fully saturated rings. The molecule has 136 valence electrons. The normalized spacial score (nSPS) is 11.5. The fraction of sp³-hybridized carbons (Fsp3) is 0.250. The average Bonchev–Trinajstić information content (AvgIpc) is 2.93. The number of nitrogens with zero attached hydrogens (tertiary/aromatic N) is 4. The van der Waals surface area contributed by atoms with Gasteiger partial charge in [0.15, 0.2) is 12.3 Å². The van der Waals surface area contributed by atoms with E-state index in [1.165, 1.54) is 16.8 Å².